The normalized spacial score (nSPS) is 10.8. The molecule has 0 aliphatic rings. The Morgan fingerprint density at radius 2 is 1.90 bits per heavy atom. The van der Waals surface area contributed by atoms with Crippen LogP contribution in [-0.4, -0.2) is 5.91 Å². The molecule has 2 nitrogen and oxygen atoms in total. The molecule has 20 heavy (non-hydrogen) atoms. The number of aryl methyl sites for hydroxylation is 1. The van der Waals surface area contributed by atoms with Crippen molar-refractivity contribution >= 4 is 29.3 Å². The van der Waals surface area contributed by atoms with Crippen LogP contribution >= 0.6 is 11.6 Å². The van der Waals surface area contributed by atoms with Gasteiger partial charge in [0.15, 0.2) is 0 Å². The quantitative estimate of drug-likeness (QED) is 0.832. The van der Waals surface area contributed by atoms with Gasteiger partial charge in [-0.3, -0.25) is 4.79 Å². The highest BCUT2D eigenvalue weighted by Crippen LogP contribution is 2.20. The number of rotatable bonds is 3. The van der Waals surface area contributed by atoms with Crippen LogP contribution in [0.4, 0.5) is 10.1 Å². The fourth-order valence-corrected chi connectivity index (χ4v) is 1.82. The minimum absolute atomic E-state index is 0.264. The Bertz CT molecular complexity index is 650. The van der Waals surface area contributed by atoms with Crippen LogP contribution in [0.15, 0.2) is 48.5 Å². The van der Waals surface area contributed by atoms with Gasteiger partial charge < -0.3 is 5.32 Å². The van der Waals surface area contributed by atoms with Gasteiger partial charge in [-0.25, -0.2) is 4.39 Å². The second-order valence-electron chi connectivity index (χ2n) is 4.33. The fraction of sp³-hybridized carbons (Fsp3) is 0.0625. The van der Waals surface area contributed by atoms with Gasteiger partial charge in [-0.1, -0.05) is 29.8 Å². The number of hydrogen-bond acceptors (Lipinski definition) is 1. The summed E-state index contributed by atoms with van der Waals surface area (Å²) >= 11 is 5.88. The van der Waals surface area contributed by atoms with Gasteiger partial charge in [0.1, 0.15) is 5.82 Å². The molecule has 2 aromatic rings. The molecule has 2 aromatic carbocycles. The Morgan fingerprint density at radius 1 is 1.20 bits per heavy atom. The van der Waals surface area contributed by atoms with E-state index >= 15 is 0 Å². The third-order valence-corrected chi connectivity index (χ3v) is 2.99. The molecule has 1 N–H and O–H groups in total. The molecule has 0 bridgehead atoms. The fourth-order valence-electron chi connectivity index (χ4n) is 1.65. The standard InChI is InChI=1S/C16H13ClFNO/c1-11-2-6-13(17)10-15(11)19-16(20)9-5-12-3-7-14(18)8-4-12/h2-10H,1H3,(H,19,20)/b9-5+. The number of halogens is 2. The summed E-state index contributed by atoms with van der Waals surface area (Å²) in [6, 6.07) is 11.2. The minimum atomic E-state index is -0.304. The first-order chi connectivity index (χ1) is 9.54. The summed E-state index contributed by atoms with van der Waals surface area (Å²) in [6.07, 6.45) is 3.02. The average molecular weight is 290 g/mol. The summed E-state index contributed by atoms with van der Waals surface area (Å²) in [5, 5.41) is 3.31. The van der Waals surface area contributed by atoms with Crippen molar-refractivity contribution in [2.45, 2.75) is 6.92 Å². The second kappa shape index (κ2) is 6.35. The summed E-state index contributed by atoms with van der Waals surface area (Å²) in [5.41, 5.74) is 2.36. The van der Waals surface area contributed by atoms with Crippen molar-refractivity contribution in [2.75, 3.05) is 5.32 Å². The van der Waals surface area contributed by atoms with Crippen LogP contribution in [0, 0.1) is 12.7 Å². The SMILES string of the molecule is Cc1ccc(Cl)cc1NC(=O)/C=C/c1ccc(F)cc1. The summed E-state index contributed by atoms with van der Waals surface area (Å²) in [5.74, 6) is -0.569. The van der Waals surface area contributed by atoms with E-state index in [2.05, 4.69) is 5.32 Å². The van der Waals surface area contributed by atoms with Crippen molar-refractivity contribution < 1.29 is 9.18 Å². The van der Waals surface area contributed by atoms with Gasteiger partial charge in [0.2, 0.25) is 5.91 Å². The lowest BCUT2D eigenvalue weighted by Gasteiger charge is -2.06. The molecule has 1 amide bonds. The predicted octanol–water partition coefficient (Wildman–Crippen LogP) is 4.44. The van der Waals surface area contributed by atoms with Gasteiger partial charge in [0, 0.05) is 16.8 Å². The van der Waals surface area contributed by atoms with Crippen molar-refractivity contribution in [2.24, 2.45) is 0 Å². The van der Waals surface area contributed by atoms with Crippen LogP contribution in [0.5, 0.6) is 0 Å². The van der Waals surface area contributed by atoms with Crippen molar-refractivity contribution in [3.05, 3.63) is 70.5 Å². The maximum absolute atomic E-state index is 12.7. The first-order valence-electron chi connectivity index (χ1n) is 6.05. The molecular weight excluding hydrogens is 277 g/mol. The molecule has 0 spiro atoms. The zero-order valence-electron chi connectivity index (χ0n) is 10.9. The summed E-state index contributed by atoms with van der Waals surface area (Å²) in [7, 11) is 0. The summed E-state index contributed by atoms with van der Waals surface area (Å²) in [4.78, 5) is 11.8. The summed E-state index contributed by atoms with van der Waals surface area (Å²) in [6.45, 7) is 1.88. The molecule has 0 radical (unpaired) electrons. The number of carbonyl (C=O) groups is 1. The minimum Gasteiger partial charge on any atom is -0.322 e. The summed E-state index contributed by atoms with van der Waals surface area (Å²) < 4.78 is 12.7. The molecule has 0 unspecified atom stereocenters. The van der Waals surface area contributed by atoms with Gasteiger partial charge in [-0.2, -0.15) is 0 Å². The van der Waals surface area contributed by atoms with E-state index in [1.807, 2.05) is 13.0 Å². The lowest BCUT2D eigenvalue weighted by molar-refractivity contribution is -0.111. The van der Waals surface area contributed by atoms with Crippen molar-refractivity contribution in [1.29, 1.82) is 0 Å². The molecule has 2 rings (SSSR count). The van der Waals surface area contributed by atoms with E-state index in [1.165, 1.54) is 18.2 Å². The molecule has 4 heteroatoms. The van der Waals surface area contributed by atoms with Crippen LogP contribution in [0.2, 0.25) is 5.02 Å². The molecule has 0 aliphatic carbocycles. The Labute approximate surface area is 121 Å². The maximum atomic E-state index is 12.7. The number of anilines is 1. The van der Waals surface area contributed by atoms with Crippen molar-refractivity contribution in [3.8, 4) is 0 Å². The van der Waals surface area contributed by atoms with Crippen LogP contribution in [0.25, 0.3) is 6.08 Å². The highest BCUT2D eigenvalue weighted by Gasteiger charge is 2.02. The lowest BCUT2D eigenvalue weighted by atomic mass is 10.2. The van der Waals surface area contributed by atoms with E-state index in [9.17, 15) is 9.18 Å². The zero-order chi connectivity index (χ0) is 14.5. The van der Waals surface area contributed by atoms with Crippen LogP contribution < -0.4 is 5.32 Å². The highest BCUT2D eigenvalue weighted by molar-refractivity contribution is 6.31. The van der Waals surface area contributed by atoms with E-state index in [0.29, 0.717) is 10.7 Å². The Hall–Kier alpha value is -2.13. The Kier molecular flexibility index (Phi) is 4.53. The smallest absolute Gasteiger partial charge is 0.248 e. The molecule has 102 valence electrons. The topological polar surface area (TPSA) is 29.1 Å². The number of carbonyl (C=O) groups excluding carboxylic acids is 1. The van der Waals surface area contributed by atoms with Gasteiger partial charge in [0.05, 0.1) is 0 Å². The Balaban J connectivity index is 2.05. The predicted molar refractivity (Wildman–Crippen MR) is 80.3 cm³/mol. The molecule has 0 atom stereocenters. The third kappa shape index (κ3) is 3.93. The lowest BCUT2D eigenvalue weighted by Crippen LogP contribution is -2.08. The highest BCUT2D eigenvalue weighted by atomic mass is 35.5. The van der Waals surface area contributed by atoms with Crippen molar-refractivity contribution in [1.82, 2.24) is 0 Å². The van der Waals surface area contributed by atoms with E-state index in [-0.39, 0.29) is 11.7 Å². The van der Waals surface area contributed by atoms with Gasteiger partial charge >= 0.3 is 0 Å². The third-order valence-electron chi connectivity index (χ3n) is 2.75. The molecule has 0 aromatic heterocycles. The molecule has 0 saturated heterocycles. The number of amides is 1. The molecule has 0 heterocycles. The van der Waals surface area contributed by atoms with E-state index in [4.69, 9.17) is 11.6 Å². The first-order valence-corrected chi connectivity index (χ1v) is 6.43. The van der Waals surface area contributed by atoms with E-state index < -0.39 is 0 Å². The largest absolute Gasteiger partial charge is 0.322 e. The van der Waals surface area contributed by atoms with Crippen molar-refractivity contribution in [3.63, 3.8) is 0 Å². The van der Waals surface area contributed by atoms with E-state index in [1.54, 1.807) is 30.3 Å². The number of benzene rings is 2. The molecule has 0 fully saturated rings. The van der Waals surface area contributed by atoms with E-state index in [0.717, 1.165) is 11.1 Å². The van der Waals surface area contributed by atoms with Crippen LogP contribution in [0.1, 0.15) is 11.1 Å². The van der Waals surface area contributed by atoms with Crippen LogP contribution in [-0.2, 0) is 4.79 Å². The first kappa shape index (κ1) is 14.3. The Morgan fingerprint density at radius 3 is 2.60 bits per heavy atom. The monoisotopic (exact) mass is 289 g/mol. The number of nitrogens with one attached hydrogen (secondary N) is 1. The van der Waals surface area contributed by atoms with Gasteiger partial charge in [-0.15, -0.1) is 0 Å². The molecule has 0 aliphatic heterocycles. The average Bonchev–Trinajstić information content (AvgIpc) is 2.42. The van der Waals surface area contributed by atoms with Gasteiger partial charge in [-0.05, 0) is 48.4 Å². The van der Waals surface area contributed by atoms with Crippen LogP contribution in [0.3, 0.4) is 0 Å². The molecule has 0 saturated carbocycles. The molecular formula is C16H13ClFNO. The second-order valence-corrected chi connectivity index (χ2v) is 4.77. The van der Waals surface area contributed by atoms with Gasteiger partial charge in [0.25, 0.3) is 0 Å². The zero-order valence-corrected chi connectivity index (χ0v) is 11.6. The maximum Gasteiger partial charge on any atom is 0.248 e. The number of hydrogen-bond donors (Lipinski definition) is 1.